The van der Waals surface area contributed by atoms with E-state index in [2.05, 4.69) is 10.2 Å². The predicted molar refractivity (Wildman–Crippen MR) is 84.5 cm³/mol. The number of rotatable bonds is 5. The van der Waals surface area contributed by atoms with Gasteiger partial charge in [-0.05, 0) is 18.6 Å². The fourth-order valence-electron chi connectivity index (χ4n) is 3.06. The van der Waals surface area contributed by atoms with Crippen LogP contribution in [0.1, 0.15) is 12.2 Å². The van der Waals surface area contributed by atoms with Crippen molar-refractivity contribution < 1.29 is 42.1 Å². The first-order valence-corrected chi connectivity index (χ1v) is 8.29. The van der Waals surface area contributed by atoms with Gasteiger partial charge in [-0.2, -0.15) is 13.2 Å². The molecule has 3 unspecified atom stereocenters. The third kappa shape index (κ3) is 6.22. The number of likely N-dealkylation sites (tertiary alicyclic amines) is 1. The van der Waals surface area contributed by atoms with Crippen LogP contribution in [-0.2, 0) is 20.9 Å². The smallest absolute Gasteiger partial charge is 0.475 e. The number of amides is 1. The van der Waals surface area contributed by atoms with E-state index in [1.165, 1.54) is 0 Å². The molecule has 1 amide bonds. The van der Waals surface area contributed by atoms with Gasteiger partial charge in [0.25, 0.3) is 0 Å². The van der Waals surface area contributed by atoms with E-state index in [1.54, 1.807) is 12.3 Å². The number of aliphatic hydroxyl groups is 1. The zero-order valence-corrected chi connectivity index (χ0v) is 14.3. The average molecular weight is 394 g/mol. The third-order valence-corrected chi connectivity index (χ3v) is 4.25. The van der Waals surface area contributed by atoms with Crippen molar-refractivity contribution in [1.82, 2.24) is 10.2 Å². The number of nitrogens with one attached hydrogen (secondary N) is 1. The van der Waals surface area contributed by atoms with E-state index < -0.39 is 12.1 Å². The number of furan rings is 1. The topological polar surface area (TPSA) is 112 Å². The van der Waals surface area contributed by atoms with Gasteiger partial charge >= 0.3 is 12.1 Å². The maximum atomic E-state index is 12.2. The molecule has 0 saturated carbocycles. The molecule has 2 fully saturated rings. The number of carbonyl (C=O) groups excluding carboxylic acids is 1. The van der Waals surface area contributed by atoms with Gasteiger partial charge in [0.15, 0.2) is 0 Å². The number of β-amino-alcohol motifs (C(OH)–C–C–N with tert-alkyl or cyclic N) is 1. The van der Waals surface area contributed by atoms with E-state index in [1.807, 2.05) is 6.07 Å². The Morgan fingerprint density at radius 2 is 2.04 bits per heavy atom. The number of morpholine rings is 1. The molecule has 0 spiro atoms. The van der Waals surface area contributed by atoms with Crippen molar-refractivity contribution in [3.8, 4) is 0 Å². The molecule has 152 valence electrons. The van der Waals surface area contributed by atoms with Gasteiger partial charge in [0.1, 0.15) is 5.76 Å². The summed E-state index contributed by atoms with van der Waals surface area (Å²) in [5.41, 5.74) is 0. The van der Waals surface area contributed by atoms with Crippen LogP contribution in [0.2, 0.25) is 0 Å². The lowest BCUT2D eigenvalue weighted by molar-refractivity contribution is -0.192. The molecule has 0 aliphatic carbocycles. The Balaban J connectivity index is 0.000000321. The maximum absolute atomic E-state index is 12.2. The molecule has 3 atom stereocenters. The highest BCUT2D eigenvalue weighted by atomic mass is 19.4. The van der Waals surface area contributed by atoms with Crippen molar-refractivity contribution >= 4 is 11.9 Å². The van der Waals surface area contributed by atoms with Gasteiger partial charge in [0, 0.05) is 19.6 Å². The van der Waals surface area contributed by atoms with E-state index >= 15 is 0 Å². The number of halogens is 3. The number of alkyl halides is 3. The quantitative estimate of drug-likeness (QED) is 0.671. The summed E-state index contributed by atoms with van der Waals surface area (Å²) in [7, 11) is 0. The van der Waals surface area contributed by atoms with Crippen molar-refractivity contribution in [2.75, 3.05) is 26.2 Å². The number of aliphatic carboxylic acids is 1. The van der Waals surface area contributed by atoms with Crippen molar-refractivity contribution in [3.05, 3.63) is 24.2 Å². The Labute approximate surface area is 152 Å². The van der Waals surface area contributed by atoms with Crippen molar-refractivity contribution in [2.45, 2.75) is 31.3 Å². The molecule has 3 heterocycles. The van der Waals surface area contributed by atoms with Crippen LogP contribution in [0.25, 0.3) is 0 Å². The second kappa shape index (κ2) is 9.20. The first-order chi connectivity index (χ1) is 12.7. The van der Waals surface area contributed by atoms with Crippen molar-refractivity contribution in [1.29, 1.82) is 0 Å². The molecule has 3 N–H and O–H groups in total. The van der Waals surface area contributed by atoms with E-state index in [9.17, 15) is 18.0 Å². The van der Waals surface area contributed by atoms with Crippen LogP contribution >= 0.6 is 0 Å². The second-order valence-corrected chi connectivity index (χ2v) is 6.22. The molecule has 0 radical (unpaired) electrons. The lowest BCUT2D eigenvalue weighted by atomic mass is 9.99. The van der Waals surface area contributed by atoms with E-state index in [0.29, 0.717) is 13.1 Å². The fraction of sp³-hybridized carbons (Fsp3) is 0.625. The summed E-state index contributed by atoms with van der Waals surface area (Å²) in [5, 5.41) is 19.0. The average Bonchev–Trinajstić information content (AvgIpc) is 3.20. The lowest BCUT2D eigenvalue weighted by Gasteiger charge is -2.32. The molecule has 1 aromatic rings. The SMILES string of the molecule is O=C(NCc1ccco1)C1CC2CN(CCO)CC1O2.O=C(O)C(F)(F)F. The zero-order valence-electron chi connectivity index (χ0n) is 14.3. The number of fused-ring (bicyclic) bond motifs is 2. The molecular weight excluding hydrogens is 373 g/mol. The fourth-order valence-corrected chi connectivity index (χ4v) is 3.06. The number of carbonyl (C=O) groups is 2. The molecule has 2 saturated heterocycles. The van der Waals surface area contributed by atoms with Gasteiger partial charge in [-0.25, -0.2) is 4.79 Å². The van der Waals surface area contributed by atoms with Gasteiger partial charge in [-0.3, -0.25) is 9.69 Å². The largest absolute Gasteiger partial charge is 0.490 e. The minimum atomic E-state index is -5.08. The van der Waals surface area contributed by atoms with Gasteiger partial charge in [0.2, 0.25) is 5.91 Å². The van der Waals surface area contributed by atoms with Crippen molar-refractivity contribution in [2.24, 2.45) is 5.92 Å². The molecule has 11 heteroatoms. The van der Waals surface area contributed by atoms with Gasteiger partial charge in [-0.1, -0.05) is 0 Å². The van der Waals surface area contributed by atoms with Crippen LogP contribution < -0.4 is 5.32 Å². The highest BCUT2D eigenvalue weighted by Crippen LogP contribution is 2.32. The Morgan fingerprint density at radius 1 is 1.33 bits per heavy atom. The molecule has 27 heavy (non-hydrogen) atoms. The van der Waals surface area contributed by atoms with E-state index in [0.717, 1.165) is 25.3 Å². The normalized spacial score (nSPS) is 24.8. The molecule has 8 nitrogen and oxygen atoms in total. The highest BCUT2D eigenvalue weighted by molar-refractivity contribution is 5.79. The Bertz CT molecular complexity index is 622. The van der Waals surface area contributed by atoms with Crippen LogP contribution in [0, 0.1) is 5.92 Å². The second-order valence-electron chi connectivity index (χ2n) is 6.22. The Hall–Kier alpha value is -2.11. The summed E-state index contributed by atoms with van der Waals surface area (Å²) in [6, 6.07) is 3.65. The molecule has 3 rings (SSSR count). The minimum absolute atomic E-state index is 0.0275. The minimum Gasteiger partial charge on any atom is -0.475 e. The van der Waals surface area contributed by atoms with Crippen LogP contribution in [0.15, 0.2) is 22.8 Å². The van der Waals surface area contributed by atoms with Gasteiger partial charge in [0.05, 0.1) is 37.5 Å². The lowest BCUT2D eigenvalue weighted by Crippen LogP contribution is -2.46. The third-order valence-electron chi connectivity index (χ3n) is 4.25. The van der Waals surface area contributed by atoms with Gasteiger partial charge < -0.3 is 24.7 Å². The molecule has 2 aliphatic heterocycles. The number of carboxylic acids is 1. The Kier molecular flexibility index (Phi) is 7.22. The van der Waals surface area contributed by atoms with Crippen LogP contribution in [0.4, 0.5) is 13.2 Å². The number of aliphatic hydroxyl groups excluding tert-OH is 1. The number of carboxylic acid groups (broad SMARTS) is 1. The maximum Gasteiger partial charge on any atom is 0.490 e. The monoisotopic (exact) mass is 394 g/mol. The van der Waals surface area contributed by atoms with Gasteiger partial charge in [-0.15, -0.1) is 0 Å². The predicted octanol–water partition coefficient (Wildman–Crippen LogP) is 0.611. The van der Waals surface area contributed by atoms with Crippen LogP contribution in [0.5, 0.6) is 0 Å². The van der Waals surface area contributed by atoms with E-state index in [-0.39, 0.29) is 30.6 Å². The first kappa shape index (κ1) is 21.2. The molecule has 1 aromatic heterocycles. The summed E-state index contributed by atoms with van der Waals surface area (Å²) in [6.07, 6.45) is -2.67. The Morgan fingerprint density at radius 3 is 2.59 bits per heavy atom. The number of ether oxygens (including phenoxy) is 1. The van der Waals surface area contributed by atoms with E-state index in [4.69, 9.17) is 24.2 Å². The first-order valence-electron chi connectivity index (χ1n) is 8.29. The molecule has 2 aliphatic rings. The molecule has 0 aromatic carbocycles. The number of nitrogens with zero attached hydrogens (tertiary/aromatic N) is 1. The standard InChI is InChI=1S/C14H20N2O4.C2HF3O2/c17-4-3-16-8-11-6-12(13(9-16)20-11)14(18)15-7-10-2-1-5-19-10;3-2(4,5)1(6)7/h1-2,5,11-13,17H,3-4,6-9H2,(H,15,18);(H,6,7). The zero-order chi connectivity index (χ0) is 20.0. The number of hydrogen-bond acceptors (Lipinski definition) is 6. The summed E-state index contributed by atoms with van der Waals surface area (Å²) in [4.78, 5) is 23.3. The van der Waals surface area contributed by atoms with Crippen LogP contribution in [-0.4, -0.2) is 71.6 Å². The summed E-state index contributed by atoms with van der Waals surface area (Å²) >= 11 is 0. The molecule has 2 bridgehead atoms. The van der Waals surface area contributed by atoms with Crippen LogP contribution in [0.3, 0.4) is 0 Å². The van der Waals surface area contributed by atoms with Crippen molar-refractivity contribution in [3.63, 3.8) is 0 Å². The summed E-state index contributed by atoms with van der Waals surface area (Å²) < 4.78 is 42.8. The molecular formula is C16H21F3N2O6. The summed E-state index contributed by atoms with van der Waals surface area (Å²) in [6.45, 7) is 2.74. The number of hydrogen-bond donors (Lipinski definition) is 3. The summed E-state index contributed by atoms with van der Waals surface area (Å²) in [5.74, 6) is -2.08. The highest BCUT2D eigenvalue weighted by Gasteiger charge is 2.44.